The van der Waals surface area contributed by atoms with Gasteiger partial charge in [-0.3, -0.25) is 14.9 Å². The van der Waals surface area contributed by atoms with E-state index >= 15 is 0 Å². The first-order chi connectivity index (χ1) is 14.3. The average molecular weight is 428 g/mol. The van der Waals surface area contributed by atoms with Crippen LogP contribution >= 0.6 is 11.3 Å². The summed E-state index contributed by atoms with van der Waals surface area (Å²) < 4.78 is 12.5. The lowest BCUT2D eigenvalue weighted by molar-refractivity contribution is -0.380. The van der Waals surface area contributed by atoms with E-state index in [-0.39, 0.29) is 15.7 Å². The number of aryl methyl sites for hydroxylation is 1. The molecule has 0 radical (unpaired) electrons. The van der Waals surface area contributed by atoms with Crippen molar-refractivity contribution in [3.63, 3.8) is 0 Å². The zero-order valence-corrected chi connectivity index (χ0v) is 17.5. The molecular weight excluding hydrogens is 408 g/mol. The lowest BCUT2D eigenvalue weighted by Crippen LogP contribution is -2.14. The summed E-state index contributed by atoms with van der Waals surface area (Å²) in [6, 6.07) is 11.8. The summed E-state index contributed by atoms with van der Waals surface area (Å²) in [6.45, 7) is 5.76. The topological polar surface area (TPSA) is 101 Å². The van der Waals surface area contributed by atoms with Gasteiger partial charge in [-0.05, 0) is 57.2 Å². The molecule has 0 fully saturated rings. The molecule has 0 aliphatic rings. The minimum atomic E-state index is -0.762. The molecule has 0 N–H and O–H groups in total. The predicted octanol–water partition coefficient (Wildman–Crippen LogP) is 4.50. The zero-order valence-electron chi connectivity index (χ0n) is 16.7. The van der Waals surface area contributed by atoms with Gasteiger partial charge >= 0.3 is 11.0 Å². The lowest BCUT2D eigenvalue weighted by Gasteiger charge is -2.11. The molecule has 3 aromatic rings. The number of Topliss-reactive ketones (excluding diaryl/α,β-unsaturated/α-hetero) is 1. The first kappa shape index (κ1) is 21.3. The van der Waals surface area contributed by atoms with Crippen LogP contribution in [0.4, 0.5) is 5.00 Å². The fraction of sp³-hybridized carbons (Fsp3) is 0.238. The van der Waals surface area contributed by atoms with Gasteiger partial charge in [0.15, 0.2) is 6.61 Å². The molecule has 0 saturated heterocycles. The second kappa shape index (κ2) is 8.91. The van der Waals surface area contributed by atoms with E-state index in [1.54, 1.807) is 6.07 Å². The fourth-order valence-corrected chi connectivity index (χ4v) is 3.83. The van der Waals surface area contributed by atoms with Gasteiger partial charge in [-0.1, -0.05) is 11.3 Å². The van der Waals surface area contributed by atoms with Gasteiger partial charge < -0.3 is 14.0 Å². The third-order valence-electron chi connectivity index (χ3n) is 4.44. The number of ketones is 1. The lowest BCUT2D eigenvalue weighted by atomic mass is 10.1. The van der Waals surface area contributed by atoms with Crippen molar-refractivity contribution in [2.75, 3.05) is 13.2 Å². The van der Waals surface area contributed by atoms with E-state index in [4.69, 9.17) is 9.47 Å². The molecule has 0 unspecified atom stereocenters. The molecule has 8 nitrogen and oxygen atoms in total. The van der Waals surface area contributed by atoms with Crippen molar-refractivity contribution in [2.45, 2.75) is 20.8 Å². The van der Waals surface area contributed by atoms with Gasteiger partial charge in [0.1, 0.15) is 10.6 Å². The van der Waals surface area contributed by atoms with Crippen LogP contribution in [0.2, 0.25) is 0 Å². The molecule has 2 heterocycles. The van der Waals surface area contributed by atoms with E-state index in [2.05, 4.69) is 0 Å². The van der Waals surface area contributed by atoms with Gasteiger partial charge in [-0.15, -0.1) is 0 Å². The average Bonchev–Trinajstić information content (AvgIpc) is 3.32. The van der Waals surface area contributed by atoms with E-state index in [0.717, 1.165) is 22.8 Å². The van der Waals surface area contributed by atoms with Crippen LogP contribution in [0.25, 0.3) is 5.69 Å². The van der Waals surface area contributed by atoms with Crippen LogP contribution in [0, 0.1) is 24.0 Å². The van der Waals surface area contributed by atoms with E-state index in [9.17, 15) is 19.7 Å². The van der Waals surface area contributed by atoms with Crippen LogP contribution < -0.4 is 4.74 Å². The Kier molecular flexibility index (Phi) is 6.31. The minimum Gasteiger partial charge on any atom is -0.494 e. The van der Waals surface area contributed by atoms with E-state index in [1.165, 1.54) is 12.1 Å². The number of hydrogen-bond donors (Lipinski definition) is 0. The van der Waals surface area contributed by atoms with Crippen LogP contribution in [-0.2, 0) is 4.74 Å². The van der Waals surface area contributed by atoms with E-state index in [1.807, 2.05) is 49.6 Å². The van der Waals surface area contributed by atoms with Gasteiger partial charge in [0.05, 0.1) is 11.5 Å². The molecule has 0 aliphatic carbocycles. The van der Waals surface area contributed by atoms with E-state index in [0.29, 0.717) is 23.5 Å². The highest BCUT2D eigenvalue weighted by Gasteiger charge is 2.20. The van der Waals surface area contributed by atoms with Crippen molar-refractivity contribution < 1.29 is 24.0 Å². The summed E-state index contributed by atoms with van der Waals surface area (Å²) in [6.07, 6.45) is 0. The quantitative estimate of drug-likeness (QED) is 0.227. The predicted molar refractivity (Wildman–Crippen MR) is 112 cm³/mol. The van der Waals surface area contributed by atoms with Gasteiger partial charge in [-0.25, -0.2) is 4.79 Å². The van der Waals surface area contributed by atoms with Gasteiger partial charge in [-0.2, -0.15) is 0 Å². The maximum Gasteiger partial charge on any atom is 0.349 e. The Bertz CT molecular complexity index is 1100. The number of carbonyl (C=O) groups excluding carboxylic acids is 2. The summed E-state index contributed by atoms with van der Waals surface area (Å²) in [4.78, 5) is 34.9. The van der Waals surface area contributed by atoms with Crippen molar-refractivity contribution >= 4 is 28.1 Å². The number of hydrogen-bond acceptors (Lipinski definition) is 7. The molecular formula is C21H20N2O6S. The largest absolute Gasteiger partial charge is 0.494 e. The van der Waals surface area contributed by atoms with Crippen molar-refractivity contribution in [1.29, 1.82) is 0 Å². The molecule has 0 saturated carbocycles. The normalized spacial score (nSPS) is 10.6. The molecule has 156 valence electrons. The highest BCUT2D eigenvalue weighted by Crippen LogP contribution is 2.25. The summed E-state index contributed by atoms with van der Waals surface area (Å²) in [5.74, 6) is -0.345. The Balaban J connectivity index is 1.72. The second-order valence-corrected chi connectivity index (χ2v) is 7.50. The minimum absolute atomic E-state index is 0.0781. The van der Waals surface area contributed by atoms with Crippen LogP contribution in [-0.4, -0.2) is 34.5 Å². The molecule has 30 heavy (non-hydrogen) atoms. The number of nitrogens with zero attached hydrogens (tertiary/aromatic N) is 2. The number of ether oxygens (including phenoxy) is 2. The van der Waals surface area contributed by atoms with Crippen LogP contribution in [0.3, 0.4) is 0 Å². The SMILES string of the molecule is CCOc1ccc(-n2c(C)cc(C(=O)COC(=O)c3ccc([N+](=O)[O-])s3)c2C)cc1. The molecule has 3 rings (SSSR count). The third kappa shape index (κ3) is 4.41. The maximum atomic E-state index is 12.6. The monoisotopic (exact) mass is 428 g/mol. The molecule has 0 aliphatic heterocycles. The van der Waals surface area contributed by atoms with Crippen molar-refractivity contribution in [2.24, 2.45) is 0 Å². The Morgan fingerprint density at radius 2 is 1.83 bits per heavy atom. The molecule has 0 spiro atoms. The highest BCUT2D eigenvalue weighted by molar-refractivity contribution is 7.17. The number of aromatic nitrogens is 1. The molecule has 1 aromatic carbocycles. The Labute approximate surface area is 176 Å². The van der Waals surface area contributed by atoms with Crippen LogP contribution in [0.5, 0.6) is 5.75 Å². The fourth-order valence-electron chi connectivity index (χ4n) is 3.12. The highest BCUT2D eigenvalue weighted by atomic mass is 32.1. The Morgan fingerprint density at radius 1 is 1.13 bits per heavy atom. The Morgan fingerprint density at radius 3 is 2.43 bits per heavy atom. The summed E-state index contributed by atoms with van der Waals surface area (Å²) in [5, 5.41) is 10.6. The zero-order chi connectivity index (χ0) is 21.8. The number of rotatable bonds is 8. The van der Waals surface area contributed by atoms with Gasteiger partial charge in [0.25, 0.3) is 0 Å². The second-order valence-electron chi connectivity index (χ2n) is 6.44. The number of nitro groups is 1. The number of carbonyl (C=O) groups is 2. The Hall–Kier alpha value is -3.46. The molecule has 0 amide bonds. The third-order valence-corrected chi connectivity index (χ3v) is 5.46. The van der Waals surface area contributed by atoms with Crippen molar-refractivity contribution in [3.8, 4) is 11.4 Å². The maximum absolute atomic E-state index is 12.6. The van der Waals surface area contributed by atoms with Gasteiger partial charge in [0, 0.05) is 28.7 Å². The number of benzene rings is 1. The first-order valence-electron chi connectivity index (χ1n) is 9.18. The first-order valence-corrected chi connectivity index (χ1v) is 10.00. The summed E-state index contributed by atoms with van der Waals surface area (Å²) >= 11 is 0.709. The van der Waals surface area contributed by atoms with Crippen LogP contribution in [0.1, 0.15) is 38.3 Å². The molecule has 2 aromatic heterocycles. The van der Waals surface area contributed by atoms with Gasteiger partial charge in [0.2, 0.25) is 5.78 Å². The standard InChI is InChI=1S/C21H20N2O6S/c1-4-28-16-7-5-15(6-8-16)22-13(2)11-17(14(22)3)18(24)12-29-21(25)19-9-10-20(30-19)23(26)27/h5-11H,4,12H2,1-3H3. The van der Waals surface area contributed by atoms with Crippen molar-refractivity contribution in [3.05, 3.63) is 74.4 Å². The number of esters is 1. The molecule has 9 heteroatoms. The number of thiophene rings is 1. The molecule has 0 atom stereocenters. The smallest absolute Gasteiger partial charge is 0.349 e. The summed E-state index contributed by atoms with van der Waals surface area (Å²) in [7, 11) is 0. The summed E-state index contributed by atoms with van der Waals surface area (Å²) in [5.41, 5.74) is 2.92. The van der Waals surface area contributed by atoms with E-state index < -0.39 is 17.5 Å². The molecule has 0 bridgehead atoms. The van der Waals surface area contributed by atoms with Crippen molar-refractivity contribution in [1.82, 2.24) is 4.57 Å². The van der Waals surface area contributed by atoms with Crippen LogP contribution in [0.15, 0.2) is 42.5 Å².